The van der Waals surface area contributed by atoms with Crippen molar-refractivity contribution in [2.75, 3.05) is 5.32 Å². The quantitative estimate of drug-likeness (QED) is 0.778. The van der Waals surface area contributed by atoms with Gasteiger partial charge in [0.1, 0.15) is 5.82 Å². The molecule has 0 radical (unpaired) electrons. The van der Waals surface area contributed by atoms with Gasteiger partial charge in [-0.1, -0.05) is 6.58 Å². The third-order valence-corrected chi connectivity index (χ3v) is 4.48. The van der Waals surface area contributed by atoms with Crippen molar-refractivity contribution in [3.05, 3.63) is 60.7 Å². The number of aryl methyl sites for hydroxylation is 1. The number of benzene rings is 1. The van der Waals surface area contributed by atoms with Gasteiger partial charge in [0.25, 0.3) is 0 Å². The molecule has 0 saturated carbocycles. The first kappa shape index (κ1) is 14.8. The zero-order chi connectivity index (χ0) is 16.4. The molecule has 3 aromatic rings. The van der Waals surface area contributed by atoms with Crippen LogP contribution in [0.2, 0.25) is 0 Å². The minimum absolute atomic E-state index is 0.742. The lowest BCUT2D eigenvalue weighted by atomic mass is 10.1. The van der Waals surface area contributed by atoms with Crippen LogP contribution in [0, 0.1) is 0 Å². The summed E-state index contributed by atoms with van der Waals surface area (Å²) in [5.74, 6) is 1.09. The van der Waals surface area contributed by atoms with Crippen molar-refractivity contribution < 1.29 is 0 Å². The summed E-state index contributed by atoms with van der Waals surface area (Å²) in [4.78, 5) is 4.63. The Morgan fingerprint density at radius 3 is 2.83 bits per heavy atom. The third-order valence-electron chi connectivity index (χ3n) is 4.48. The lowest BCUT2D eigenvalue weighted by molar-refractivity contribution is 0.536. The Hall–Kier alpha value is -2.82. The Balaban J connectivity index is 1.46. The van der Waals surface area contributed by atoms with Crippen LogP contribution in [0.15, 0.2) is 49.4 Å². The van der Waals surface area contributed by atoms with Crippen molar-refractivity contribution in [2.24, 2.45) is 0 Å². The van der Waals surface area contributed by atoms with Gasteiger partial charge in [0.15, 0.2) is 0 Å². The van der Waals surface area contributed by atoms with Crippen LogP contribution in [-0.4, -0.2) is 19.3 Å². The zero-order valence-electron chi connectivity index (χ0n) is 13.7. The summed E-state index contributed by atoms with van der Waals surface area (Å²) in [6, 6.07) is 8.49. The molecule has 5 heteroatoms. The number of hydrogen-bond donors (Lipinski definition) is 1. The van der Waals surface area contributed by atoms with Crippen molar-refractivity contribution >= 4 is 11.9 Å². The van der Waals surface area contributed by atoms with Gasteiger partial charge in [-0.15, -0.1) is 0 Å². The minimum Gasteiger partial charge on any atom is -0.381 e. The SMILES string of the molecule is C=Cn1cc(CNc2ccc(-c3ncc4n3CCCC4)cc2)cn1. The van der Waals surface area contributed by atoms with Crippen molar-refractivity contribution in [1.82, 2.24) is 19.3 Å². The molecule has 0 fully saturated rings. The molecule has 0 bridgehead atoms. The summed E-state index contributed by atoms with van der Waals surface area (Å²) in [6.07, 6.45) is 11.2. The second kappa shape index (κ2) is 6.35. The van der Waals surface area contributed by atoms with Gasteiger partial charge in [-0.25, -0.2) is 9.67 Å². The number of rotatable bonds is 5. The van der Waals surface area contributed by atoms with Crippen LogP contribution in [0.3, 0.4) is 0 Å². The molecule has 1 N–H and O–H groups in total. The maximum atomic E-state index is 4.63. The molecule has 4 rings (SSSR count). The molecule has 3 heterocycles. The van der Waals surface area contributed by atoms with Crippen LogP contribution in [0.5, 0.6) is 0 Å². The van der Waals surface area contributed by atoms with Crippen molar-refractivity contribution in [3.8, 4) is 11.4 Å². The van der Waals surface area contributed by atoms with E-state index in [4.69, 9.17) is 0 Å². The molecule has 0 spiro atoms. The van der Waals surface area contributed by atoms with E-state index in [0.29, 0.717) is 0 Å². The number of nitrogens with zero attached hydrogens (tertiary/aromatic N) is 4. The highest BCUT2D eigenvalue weighted by Crippen LogP contribution is 2.25. The van der Waals surface area contributed by atoms with E-state index in [1.54, 1.807) is 10.9 Å². The summed E-state index contributed by atoms with van der Waals surface area (Å²) < 4.78 is 4.07. The van der Waals surface area contributed by atoms with E-state index in [2.05, 4.69) is 50.8 Å². The van der Waals surface area contributed by atoms with Gasteiger partial charge in [-0.05, 0) is 43.5 Å². The van der Waals surface area contributed by atoms with Gasteiger partial charge >= 0.3 is 0 Å². The first-order valence-electron chi connectivity index (χ1n) is 8.38. The number of fused-ring (bicyclic) bond motifs is 1. The largest absolute Gasteiger partial charge is 0.381 e. The van der Waals surface area contributed by atoms with Gasteiger partial charge in [0.2, 0.25) is 0 Å². The predicted molar refractivity (Wildman–Crippen MR) is 96.5 cm³/mol. The molecule has 24 heavy (non-hydrogen) atoms. The molecule has 0 saturated heterocycles. The number of nitrogens with one attached hydrogen (secondary N) is 1. The van der Waals surface area contributed by atoms with Gasteiger partial charge in [0, 0.05) is 54.2 Å². The smallest absolute Gasteiger partial charge is 0.140 e. The average Bonchev–Trinajstić information content (AvgIpc) is 3.27. The van der Waals surface area contributed by atoms with Gasteiger partial charge < -0.3 is 9.88 Å². The highest BCUT2D eigenvalue weighted by atomic mass is 15.2. The highest BCUT2D eigenvalue weighted by molar-refractivity contribution is 5.60. The standard InChI is InChI=1S/C19H21N5/c1-2-23-14-15(12-22-23)11-20-17-8-6-16(7-9-17)19-21-13-18-5-3-4-10-24(18)19/h2,6-9,12-14,20H,1,3-5,10-11H2. The summed E-state index contributed by atoms with van der Waals surface area (Å²) in [5, 5.41) is 7.60. The Bertz CT molecular complexity index is 841. The van der Waals surface area contributed by atoms with E-state index in [1.807, 2.05) is 18.6 Å². The zero-order valence-corrected chi connectivity index (χ0v) is 13.7. The highest BCUT2D eigenvalue weighted by Gasteiger charge is 2.14. The second-order valence-corrected chi connectivity index (χ2v) is 6.12. The fraction of sp³-hybridized carbons (Fsp3) is 0.263. The van der Waals surface area contributed by atoms with Crippen molar-refractivity contribution in [3.63, 3.8) is 0 Å². The minimum atomic E-state index is 0.742. The number of hydrogen-bond acceptors (Lipinski definition) is 3. The second-order valence-electron chi connectivity index (χ2n) is 6.12. The molecule has 122 valence electrons. The monoisotopic (exact) mass is 319 g/mol. The van der Waals surface area contributed by atoms with E-state index in [0.717, 1.165) is 36.6 Å². The summed E-state index contributed by atoms with van der Waals surface area (Å²) in [5.41, 5.74) is 4.75. The van der Waals surface area contributed by atoms with Crippen LogP contribution in [0.4, 0.5) is 5.69 Å². The fourth-order valence-corrected chi connectivity index (χ4v) is 3.18. The fourth-order valence-electron chi connectivity index (χ4n) is 3.18. The molecule has 1 aliphatic rings. The van der Waals surface area contributed by atoms with Crippen LogP contribution in [0.25, 0.3) is 17.6 Å². The van der Waals surface area contributed by atoms with E-state index in [9.17, 15) is 0 Å². The molecule has 1 aliphatic heterocycles. The maximum Gasteiger partial charge on any atom is 0.140 e. The van der Waals surface area contributed by atoms with E-state index >= 15 is 0 Å². The normalized spacial score (nSPS) is 13.5. The molecule has 0 amide bonds. The first-order valence-corrected chi connectivity index (χ1v) is 8.38. The van der Waals surface area contributed by atoms with Crippen LogP contribution >= 0.6 is 0 Å². The third kappa shape index (κ3) is 2.85. The van der Waals surface area contributed by atoms with Gasteiger partial charge in [-0.2, -0.15) is 5.10 Å². The molecule has 2 aromatic heterocycles. The Morgan fingerprint density at radius 1 is 1.17 bits per heavy atom. The first-order chi connectivity index (χ1) is 11.8. The Labute approximate surface area is 141 Å². The summed E-state index contributed by atoms with van der Waals surface area (Å²) in [7, 11) is 0. The van der Waals surface area contributed by atoms with Gasteiger partial charge in [0.05, 0.1) is 6.20 Å². The Morgan fingerprint density at radius 2 is 2.04 bits per heavy atom. The molecular formula is C19H21N5. The molecule has 0 aliphatic carbocycles. The lowest BCUT2D eigenvalue weighted by Gasteiger charge is -2.16. The topological polar surface area (TPSA) is 47.7 Å². The van der Waals surface area contributed by atoms with E-state index in [1.165, 1.54) is 24.1 Å². The molecular weight excluding hydrogens is 298 g/mol. The van der Waals surface area contributed by atoms with Crippen molar-refractivity contribution in [1.29, 1.82) is 0 Å². The molecule has 0 unspecified atom stereocenters. The van der Waals surface area contributed by atoms with Crippen LogP contribution in [-0.2, 0) is 19.5 Å². The average molecular weight is 319 g/mol. The number of imidazole rings is 1. The molecule has 0 atom stereocenters. The summed E-state index contributed by atoms with van der Waals surface area (Å²) >= 11 is 0. The maximum absolute atomic E-state index is 4.63. The molecule has 5 nitrogen and oxygen atoms in total. The van der Waals surface area contributed by atoms with E-state index in [-0.39, 0.29) is 0 Å². The van der Waals surface area contributed by atoms with Crippen LogP contribution in [0.1, 0.15) is 24.1 Å². The number of aromatic nitrogens is 4. The lowest BCUT2D eigenvalue weighted by Crippen LogP contribution is -2.10. The molecule has 1 aromatic carbocycles. The number of anilines is 1. The van der Waals surface area contributed by atoms with Gasteiger partial charge in [-0.3, -0.25) is 0 Å². The van der Waals surface area contributed by atoms with Crippen LogP contribution < -0.4 is 5.32 Å². The van der Waals surface area contributed by atoms with E-state index < -0.39 is 0 Å². The summed E-state index contributed by atoms with van der Waals surface area (Å²) in [6.45, 7) is 5.52. The Kier molecular flexibility index (Phi) is 3.91. The predicted octanol–water partition coefficient (Wildman–Crippen LogP) is 3.80. The van der Waals surface area contributed by atoms with Crippen molar-refractivity contribution in [2.45, 2.75) is 32.4 Å².